The Hall–Kier alpha value is -1.27. The van der Waals surface area contributed by atoms with Crippen molar-refractivity contribution in [3.63, 3.8) is 0 Å². The average Bonchev–Trinajstić information content (AvgIpc) is 1.97. The highest BCUT2D eigenvalue weighted by atomic mass is 19.4. The Labute approximate surface area is 83.5 Å². The number of carboxylic acids is 1. The minimum Gasteiger partial charge on any atom is -0.480 e. The normalized spacial score (nSPS) is 19.1. The summed E-state index contributed by atoms with van der Waals surface area (Å²) in [5, 5.41) is 10.1. The Kier molecular flexibility index (Phi) is 3.21. The number of aliphatic carboxylic acids is 1. The molecule has 0 spiro atoms. The maximum absolute atomic E-state index is 11.9. The quantitative estimate of drug-likeness (QED) is 0.750. The fourth-order valence-corrected chi connectivity index (χ4v) is 1.38. The monoisotopic (exact) mass is 225 g/mol. The molecule has 0 saturated heterocycles. The molecule has 0 unspecified atom stereocenters. The zero-order valence-electron chi connectivity index (χ0n) is 7.67. The van der Waals surface area contributed by atoms with Crippen LogP contribution in [0.2, 0.25) is 0 Å². The van der Waals surface area contributed by atoms with Gasteiger partial charge in [0, 0.05) is 0 Å². The van der Waals surface area contributed by atoms with Crippen LogP contribution in [0.25, 0.3) is 0 Å². The van der Waals surface area contributed by atoms with Gasteiger partial charge < -0.3 is 10.4 Å². The van der Waals surface area contributed by atoms with Crippen molar-refractivity contribution in [2.45, 2.75) is 31.5 Å². The highest BCUT2D eigenvalue weighted by Gasteiger charge is 2.43. The van der Waals surface area contributed by atoms with Gasteiger partial charge in [0.15, 0.2) is 0 Å². The molecule has 2 N–H and O–H groups in total. The van der Waals surface area contributed by atoms with Gasteiger partial charge in [-0.1, -0.05) is 6.42 Å². The van der Waals surface area contributed by atoms with Crippen LogP contribution in [0.15, 0.2) is 0 Å². The smallest absolute Gasteiger partial charge is 0.471 e. The maximum Gasteiger partial charge on any atom is 0.471 e. The minimum atomic E-state index is -5.03. The summed E-state index contributed by atoms with van der Waals surface area (Å²) in [6.45, 7) is 0. The van der Waals surface area contributed by atoms with Gasteiger partial charge in [0.05, 0.1) is 0 Å². The first-order valence-electron chi connectivity index (χ1n) is 4.43. The fraction of sp³-hybridized carbons (Fsp3) is 0.750. The zero-order chi connectivity index (χ0) is 11.6. The van der Waals surface area contributed by atoms with Crippen LogP contribution < -0.4 is 5.32 Å². The third-order valence-electron chi connectivity index (χ3n) is 2.43. The van der Waals surface area contributed by atoms with Gasteiger partial charge in [0.2, 0.25) is 0 Å². The number of carboxylic acid groups (broad SMARTS) is 1. The van der Waals surface area contributed by atoms with Crippen molar-refractivity contribution in [1.29, 1.82) is 0 Å². The van der Waals surface area contributed by atoms with E-state index in [-0.39, 0.29) is 5.92 Å². The summed E-state index contributed by atoms with van der Waals surface area (Å²) in [7, 11) is 0. The van der Waals surface area contributed by atoms with Crippen LogP contribution in [0.3, 0.4) is 0 Å². The van der Waals surface area contributed by atoms with E-state index in [2.05, 4.69) is 0 Å². The number of amides is 1. The lowest BCUT2D eigenvalue weighted by atomic mass is 9.79. The number of hydrogen-bond donors (Lipinski definition) is 2. The first-order chi connectivity index (χ1) is 6.82. The molecule has 1 rings (SSSR count). The second-order valence-electron chi connectivity index (χ2n) is 3.48. The van der Waals surface area contributed by atoms with E-state index in [9.17, 15) is 22.8 Å². The maximum atomic E-state index is 11.9. The van der Waals surface area contributed by atoms with Gasteiger partial charge in [-0.05, 0) is 18.8 Å². The molecule has 0 radical (unpaired) electrons. The van der Waals surface area contributed by atoms with Gasteiger partial charge in [-0.2, -0.15) is 13.2 Å². The number of hydrogen-bond acceptors (Lipinski definition) is 2. The van der Waals surface area contributed by atoms with Crippen LogP contribution in [-0.2, 0) is 9.59 Å². The second-order valence-corrected chi connectivity index (χ2v) is 3.48. The molecule has 1 atom stereocenters. The van der Waals surface area contributed by atoms with Crippen molar-refractivity contribution in [1.82, 2.24) is 5.32 Å². The molecule has 0 aromatic carbocycles. The summed E-state index contributed by atoms with van der Waals surface area (Å²) in [4.78, 5) is 21.1. The Morgan fingerprint density at radius 1 is 1.33 bits per heavy atom. The van der Waals surface area contributed by atoms with E-state index in [1.165, 1.54) is 5.32 Å². The summed E-state index contributed by atoms with van der Waals surface area (Å²) >= 11 is 0. The lowest BCUT2D eigenvalue weighted by Crippen LogP contribution is -2.51. The van der Waals surface area contributed by atoms with Crippen molar-refractivity contribution < 1.29 is 27.9 Å². The second kappa shape index (κ2) is 4.08. The number of carbonyl (C=O) groups excluding carboxylic acids is 1. The van der Waals surface area contributed by atoms with Crippen molar-refractivity contribution in [2.24, 2.45) is 5.92 Å². The average molecular weight is 225 g/mol. The Morgan fingerprint density at radius 2 is 1.87 bits per heavy atom. The van der Waals surface area contributed by atoms with Crippen LogP contribution in [-0.4, -0.2) is 29.2 Å². The van der Waals surface area contributed by atoms with E-state index in [0.717, 1.165) is 6.42 Å². The largest absolute Gasteiger partial charge is 0.480 e. The predicted molar refractivity (Wildman–Crippen MR) is 43.0 cm³/mol. The molecule has 1 aliphatic carbocycles. The van der Waals surface area contributed by atoms with Crippen LogP contribution in [0.1, 0.15) is 19.3 Å². The summed E-state index contributed by atoms with van der Waals surface area (Å²) < 4.78 is 35.6. The molecule has 0 bridgehead atoms. The molecule has 0 heterocycles. The van der Waals surface area contributed by atoms with Gasteiger partial charge in [-0.3, -0.25) is 4.79 Å². The van der Waals surface area contributed by atoms with Crippen molar-refractivity contribution in [2.75, 3.05) is 0 Å². The van der Waals surface area contributed by atoms with E-state index < -0.39 is 24.1 Å². The zero-order valence-corrected chi connectivity index (χ0v) is 7.67. The lowest BCUT2D eigenvalue weighted by molar-refractivity contribution is -0.176. The van der Waals surface area contributed by atoms with E-state index in [0.29, 0.717) is 12.8 Å². The van der Waals surface area contributed by atoms with Gasteiger partial charge in [-0.15, -0.1) is 0 Å². The summed E-state index contributed by atoms with van der Waals surface area (Å²) in [6, 6.07) is -1.42. The molecule has 15 heavy (non-hydrogen) atoms. The summed E-state index contributed by atoms with van der Waals surface area (Å²) in [6.07, 6.45) is -3.17. The third-order valence-corrected chi connectivity index (χ3v) is 2.43. The molecule has 0 aromatic rings. The van der Waals surface area contributed by atoms with Crippen LogP contribution in [0.4, 0.5) is 13.2 Å². The highest BCUT2D eigenvalue weighted by molar-refractivity contribution is 5.87. The summed E-state index contributed by atoms with van der Waals surface area (Å²) in [5.41, 5.74) is 0. The molecule has 7 heteroatoms. The first kappa shape index (κ1) is 11.8. The predicted octanol–water partition coefficient (Wildman–Crippen LogP) is 0.918. The third kappa shape index (κ3) is 2.84. The van der Waals surface area contributed by atoms with Crippen LogP contribution >= 0.6 is 0 Å². The molecule has 1 aliphatic rings. The number of rotatable bonds is 3. The minimum absolute atomic E-state index is 0.381. The van der Waals surface area contributed by atoms with Gasteiger partial charge in [-0.25, -0.2) is 4.79 Å². The Balaban J connectivity index is 2.59. The fourth-order valence-electron chi connectivity index (χ4n) is 1.38. The topological polar surface area (TPSA) is 66.4 Å². The Bertz CT molecular complexity index is 273. The molecular weight excluding hydrogens is 215 g/mol. The molecule has 1 amide bonds. The Morgan fingerprint density at radius 3 is 2.13 bits per heavy atom. The van der Waals surface area contributed by atoms with E-state index in [1.807, 2.05) is 0 Å². The van der Waals surface area contributed by atoms with Gasteiger partial charge >= 0.3 is 18.1 Å². The van der Waals surface area contributed by atoms with Crippen molar-refractivity contribution in [3.05, 3.63) is 0 Å². The number of alkyl halides is 3. The van der Waals surface area contributed by atoms with Crippen LogP contribution in [0, 0.1) is 5.92 Å². The molecule has 1 fully saturated rings. The van der Waals surface area contributed by atoms with E-state index >= 15 is 0 Å². The number of nitrogens with one attached hydrogen (secondary N) is 1. The van der Waals surface area contributed by atoms with Gasteiger partial charge in [0.1, 0.15) is 6.04 Å². The van der Waals surface area contributed by atoms with Crippen LogP contribution in [0.5, 0.6) is 0 Å². The first-order valence-corrected chi connectivity index (χ1v) is 4.43. The van der Waals surface area contributed by atoms with Crippen molar-refractivity contribution in [3.8, 4) is 0 Å². The molecule has 86 valence electrons. The van der Waals surface area contributed by atoms with E-state index in [4.69, 9.17) is 5.11 Å². The molecule has 4 nitrogen and oxygen atoms in total. The van der Waals surface area contributed by atoms with E-state index in [1.54, 1.807) is 0 Å². The molecule has 0 aromatic heterocycles. The lowest BCUT2D eigenvalue weighted by Gasteiger charge is -2.31. The standard InChI is InChI=1S/C8H10F3NO3/c9-8(10,11)7(15)12-5(6(13)14)4-2-1-3-4/h4-5H,1-3H2,(H,12,15)(H,13,14)/t5-/m0/s1. The number of carbonyl (C=O) groups is 2. The van der Waals surface area contributed by atoms with Gasteiger partial charge in [0.25, 0.3) is 0 Å². The SMILES string of the molecule is O=C(O)[C@@H](NC(=O)C(F)(F)F)C1CCC1. The van der Waals surface area contributed by atoms with Crippen molar-refractivity contribution >= 4 is 11.9 Å². The number of halogens is 3. The molecule has 1 saturated carbocycles. The summed E-state index contributed by atoms with van der Waals surface area (Å²) in [5.74, 6) is -3.99. The highest BCUT2D eigenvalue weighted by Crippen LogP contribution is 2.30. The molecule has 0 aliphatic heterocycles. The molecular formula is C8H10F3NO3.